The van der Waals surface area contributed by atoms with Crippen LogP contribution in [0.25, 0.3) is 0 Å². The topological polar surface area (TPSA) is 36.1 Å². The number of hydrogen-bond donors (Lipinski definition) is 1. The van der Waals surface area contributed by atoms with Crippen LogP contribution in [0.4, 0.5) is 0 Å². The molecule has 1 aromatic heterocycles. The second-order valence-electron chi connectivity index (χ2n) is 2.95. The molecule has 16 heavy (non-hydrogen) atoms. The highest BCUT2D eigenvalue weighted by molar-refractivity contribution is 5.71. The molecule has 88 valence electrons. The first kappa shape index (κ1) is 14.2. The summed E-state index contributed by atoms with van der Waals surface area (Å²) in [5, 5.41) is 0. The fraction of sp³-hybridized carbons (Fsp3) is 0.308. The minimum Gasteiger partial charge on any atom is -0.377 e. The van der Waals surface area contributed by atoms with Crippen molar-refractivity contribution in [2.75, 3.05) is 13.6 Å². The lowest BCUT2D eigenvalue weighted by atomic mass is 10.4. The molecule has 2 rings (SSSR count). The number of nitrogens with one attached hydrogen (secondary N) is 1. The number of carbonyl (C=O) groups is 1. The molecule has 0 spiro atoms. The molecule has 0 amide bonds. The van der Waals surface area contributed by atoms with Crippen LogP contribution in [-0.2, 0) is 0 Å². The summed E-state index contributed by atoms with van der Waals surface area (Å²) in [5.41, 5.74) is 0.625. The van der Waals surface area contributed by atoms with E-state index in [-0.39, 0.29) is 0 Å². The Morgan fingerprint density at radius 1 is 1.38 bits per heavy atom. The molecular weight excluding hydrogens is 200 g/mol. The SMILES string of the molecule is CC.CN1C=CC=CC1.O=Cc1ccc[nH]1. The predicted molar refractivity (Wildman–Crippen MR) is 68.4 cm³/mol. The average molecular weight is 220 g/mol. The van der Waals surface area contributed by atoms with Gasteiger partial charge in [0.25, 0.3) is 0 Å². The molecule has 0 aliphatic carbocycles. The van der Waals surface area contributed by atoms with Crippen LogP contribution in [-0.4, -0.2) is 29.8 Å². The molecular formula is C13H20N2O. The molecule has 1 N–H and O–H groups in total. The number of likely N-dealkylation sites (N-methyl/N-ethyl adjacent to an activating group) is 1. The smallest absolute Gasteiger partial charge is 0.166 e. The van der Waals surface area contributed by atoms with E-state index in [9.17, 15) is 4.79 Å². The summed E-state index contributed by atoms with van der Waals surface area (Å²) in [6.45, 7) is 5.05. The molecule has 0 unspecified atom stereocenters. The van der Waals surface area contributed by atoms with Crippen molar-refractivity contribution in [1.29, 1.82) is 0 Å². The van der Waals surface area contributed by atoms with Gasteiger partial charge in [-0.25, -0.2) is 0 Å². The van der Waals surface area contributed by atoms with Gasteiger partial charge in [0.1, 0.15) is 0 Å². The highest BCUT2D eigenvalue weighted by Crippen LogP contribution is 1.91. The summed E-state index contributed by atoms with van der Waals surface area (Å²) in [4.78, 5) is 14.7. The Kier molecular flexibility index (Phi) is 8.69. The van der Waals surface area contributed by atoms with Crippen LogP contribution in [0.5, 0.6) is 0 Å². The molecule has 3 nitrogen and oxygen atoms in total. The highest BCUT2D eigenvalue weighted by Gasteiger charge is 1.86. The van der Waals surface area contributed by atoms with E-state index in [0.717, 1.165) is 12.8 Å². The molecule has 2 heterocycles. The fourth-order valence-electron chi connectivity index (χ4n) is 0.981. The summed E-state index contributed by atoms with van der Waals surface area (Å²) in [6, 6.07) is 3.50. The third-order valence-corrected chi connectivity index (χ3v) is 1.73. The van der Waals surface area contributed by atoms with Crippen LogP contribution in [0.15, 0.2) is 42.8 Å². The zero-order chi connectivity index (χ0) is 12.2. The lowest BCUT2D eigenvalue weighted by Crippen LogP contribution is -2.11. The summed E-state index contributed by atoms with van der Waals surface area (Å²) >= 11 is 0. The summed E-state index contributed by atoms with van der Waals surface area (Å²) in [5.74, 6) is 0. The Hall–Kier alpha value is -1.77. The van der Waals surface area contributed by atoms with Crippen molar-refractivity contribution < 1.29 is 4.79 Å². The van der Waals surface area contributed by atoms with Crippen LogP contribution in [0.3, 0.4) is 0 Å². The van der Waals surface area contributed by atoms with Gasteiger partial charge in [-0.3, -0.25) is 4.79 Å². The van der Waals surface area contributed by atoms with Gasteiger partial charge in [0.05, 0.1) is 5.69 Å². The summed E-state index contributed by atoms with van der Waals surface area (Å²) < 4.78 is 0. The Balaban J connectivity index is 0.000000244. The number of aldehydes is 1. The predicted octanol–water partition coefficient (Wildman–Crippen LogP) is 2.86. The number of carbonyl (C=O) groups excluding carboxylic acids is 1. The zero-order valence-corrected chi connectivity index (χ0v) is 10.2. The normalized spacial score (nSPS) is 12.1. The quantitative estimate of drug-likeness (QED) is 0.739. The fourth-order valence-corrected chi connectivity index (χ4v) is 0.981. The monoisotopic (exact) mass is 220 g/mol. The van der Waals surface area contributed by atoms with E-state index in [0.29, 0.717) is 5.69 Å². The second-order valence-corrected chi connectivity index (χ2v) is 2.95. The summed E-state index contributed by atoms with van der Waals surface area (Å²) in [6.07, 6.45) is 10.8. The summed E-state index contributed by atoms with van der Waals surface area (Å²) in [7, 11) is 2.06. The van der Waals surface area contributed by atoms with E-state index in [2.05, 4.69) is 35.3 Å². The van der Waals surface area contributed by atoms with Crippen molar-refractivity contribution in [3.63, 3.8) is 0 Å². The van der Waals surface area contributed by atoms with Crippen molar-refractivity contribution in [3.05, 3.63) is 48.5 Å². The van der Waals surface area contributed by atoms with Crippen molar-refractivity contribution >= 4 is 6.29 Å². The zero-order valence-electron chi connectivity index (χ0n) is 10.2. The number of aromatic nitrogens is 1. The van der Waals surface area contributed by atoms with Gasteiger partial charge in [-0.15, -0.1) is 0 Å². The molecule has 0 bridgehead atoms. The van der Waals surface area contributed by atoms with E-state index in [4.69, 9.17) is 0 Å². The van der Waals surface area contributed by atoms with Crippen LogP contribution in [0, 0.1) is 0 Å². The van der Waals surface area contributed by atoms with Crippen LogP contribution in [0.2, 0.25) is 0 Å². The molecule has 1 aromatic rings. The third-order valence-electron chi connectivity index (χ3n) is 1.73. The lowest BCUT2D eigenvalue weighted by Gasteiger charge is -2.11. The molecule has 1 aliphatic rings. The molecule has 0 saturated heterocycles. The Morgan fingerprint density at radius 3 is 2.38 bits per heavy atom. The van der Waals surface area contributed by atoms with Crippen molar-refractivity contribution in [2.24, 2.45) is 0 Å². The van der Waals surface area contributed by atoms with Gasteiger partial charge >= 0.3 is 0 Å². The van der Waals surface area contributed by atoms with E-state index in [1.807, 2.05) is 19.9 Å². The van der Waals surface area contributed by atoms with Crippen LogP contribution >= 0.6 is 0 Å². The van der Waals surface area contributed by atoms with Gasteiger partial charge in [-0.1, -0.05) is 26.0 Å². The van der Waals surface area contributed by atoms with E-state index in [1.54, 1.807) is 18.3 Å². The second kappa shape index (κ2) is 9.77. The van der Waals surface area contributed by atoms with Gasteiger partial charge < -0.3 is 9.88 Å². The van der Waals surface area contributed by atoms with Gasteiger partial charge in [-0.05, 0) is 24.4 Å². The van der Waals surface area contributed by atoms with Gasteiger partial charge in [0.15, 0.2) is 6.29 Å². The van der Waals surface area contributed by atoms with Gasteiger partial charge in [0.2, 0.25) is 0 Å². The standard InChI is InChI=1S/C6H9N.C5H5NO.C2H6/c1-7-5-3-2-4-6-7;7-4-5-2-1-3-6-5;1-2/h2-5H,6H2,1H3;1-4,6H;1-2H3. The average Bonchev–Trinajstić information content (AvgIpc) is 2.86. The number of rotatable bonds is 1. The molecule has 0 radical (unpaired) electrons. The molecule has 0 atom stereocenters. The number of H-pyrrole nitrogens is 1. The third kappa shape index (κ3) is 6.65. The maximum absolute atomic E-state index is 9.84. The lowest BCUT2D eigenvalue weighted by molar-refractivity contribution is 0.111. The number of aromatic amines is 1. The highest BCUT2D eigenvalue weighted by atomic mass is 16.1. The van der Waals surface area contributed by atoms with Gasteiger partial charge in [0, 0.05) is 19.8 Å². The molecule has 1 aliphatic heterocycles. The molecule has 0 aromatic carbocycles. The van der Waals surface area contributed by atoms with E-state index < -0.39 is 0 Å². The first-order valence-corrected chi connectivity index (χ1v) is 5.45. The van der Waals surface area contributed by atoms with Crippen molar-refractivity contribution in [1.82, 2.24) is 9.88 Å². The maximum atomic E-state index is 9.84. The Bertz CT molecular complexity index is 313. The Morgan fingerprint density at radius 2 is 2.12 bits per heavy atom. The molecule has 0 saturated carbocycles. The van der Waals surface area contributed by atoms with Crippen molar-refractivity contribution in [2.45, 2.75) is 13.8 Å². The minimum atomic E-state index is 0.625. The number of nitrogens with zero attached hydrogens (tertiary/aromatic N) is 1. The number of allylic oxidation sites excluding steroid dienone is 2. The van der Waals surface area contributed by atoms with Gasteiger partial charge in [-0.2, -0.15) is 0 Å². The maximum Gasteiger partial charge on any atom is 0.166 e. The van der Waals surface area contributed by atoms with E-state index in [1.165, 1.54) is 0 Å². The largest absolute Gasteiger partial charge is 0.377 e. The van der Waals surface area contributed by atoms with Crippen molar-refractivity contribution in [3.8, 4) is 0 Å². The van der Waals surface area contributed by atoms with E-state index >= 15 is 0 Å². The first-order valence-electron chi connectivity index (χ1n) is 5.45. The molecule has 0 fully saturated rings. The first-order chi connectivity index (χ1) is 7.83. The Labute approximate surface area is 97.5 Å². The van der Waals surface area contributed by atoms with Crippen LogP contribution in [0.1, 0.15) is 24.3 Å². The van der Waals surface area contributed by atoms with Crippen LogP contribution < -0.4 is 0 Å². The number of hydrogen-bond acceptors (Lipinski definition) is 2. The minimum absolute atomic E-state index is 0.625. The molecule has 3 heteroatoms.